The minimum Gasteiger partial charge on any atom is -0.484 e. The van der Waals surface area contributed by atoms with E-state index in [4.69, 9.17) is 13.7 Å². The number of ketones is 1. The van der Waals surface area contributed by atoms with Crippen LogP contribution in [0.2, 0.25) is 0 Å². The molecule has 2 aromatic heterocycles. The van der Waals surface area contributed by atoms with Crippen LogP contribution in [0.3, 0.4) is 0 Å². The second-order valence-electron chi connectivity index (χ2n) is 7.01. The maximum atomic E-state index is 12.5. The number of hydrogen-bond donors (Lipinski definition) is 2. The molecule has 0 aliphatic carbocycles. The highest BCUT2D eigenvalue weighted by atomic mass is 32.2. The van der Waals surface area contributed by atoms with Gasteiger partial charge in [-0.05, 0) is 49.0 Å². The number of amides is 2. The molecule has 11 nitrogen and oxygen atoms in total. The smallest absolute Gasteiger partial charge is 0.290 e. The first-order valence-corrected chi connectivity index (χ1v) is 12.5. The Morgan fingerprint density at radius 2 is 1.89 bits per heavy atom. The summed E-state index contributed by atoms with van der Waals surface area (Å²) in [6.45, 7) is 1.45. The molecule has 0 unspecified atom stereocenters. The summed E-state index contributed by atoms with van der Waals surface area (Å²) in [4.78, 5) is 44.0. The fourth-order valence-corrected chi connectivity index (χ4v) is 3.36. The Morgan fingerprint density at radius 1 is 1.20 bits per heavy atom. The van der Waals surface area contributed by atoms with Crippen LogP contribution in [-0.4, -0.2) is 52.7 Å². The minimum absolute atomic E-state index is 0.220. The number of nitrogens with zero attached hydrogens (tertiary/aromatic N) is 2. The number of thioether (sulfide) groups is 1. The van der Waals surface area contributed by atoms with Gasteiger partial charge in [0.25, 0.3) is 21.3 Å². The number of pyridine rings is 1. The molecule has 182 valence electrons. The van der Waals surface area contributed by atoms with Gasteiger partial charge in [-0.15, -0.1) is 0 Å². The lowest BCUT2D eigenvalue weighted by atomic mass is 10.2. The molecule has 0 radical (unpaired) electrons. The van der Waals surface area contributed by atoms with E-state index in [2.05, 4.69) is 15.3 Å². The van der Waals surface area contributed by atoms with Crippen molar-refractivity contribution in [3.63, 3.8) is 0 Å². The summed E-state index contributed by atoms with van der Waals surface area (Å²) in [6.07, 6.45) is 3.65. The van der Waals surface area contributed by atoms with Gasteiger partial charge in [-0.3, -0.25) is 29.2 Å². The number of benzene rings is 1. The summed E-state index contributed by atoms with van der Waals surface area (Å²) in [5, 5.41) is 1.76. The Bertz CT molecular complexity index is 1370. The third-order valence-corrected chi connectivity index (χ3v) is 4.94. The molecule has 1 aromatic carbocycles. The lowest BCUT2D eigenvalue weighted by Crippen LogP contribution is -2.17. The highest BCUT2D eigenvalue weighted by molar-refractivity contribution is 8.18. The monoisotopic (exact) mass is 517 g/mol. The summed E-state index contributed by atoms with van der Waals surface area (Å²) in [6, 6.07) is 12.6. The first kappa shape index (κ1) is 25.8. The van der Waals surface area contributed by atoms with Crippen LogP contribution in [0.4, 0.5) is 4.79 Å². The molecule has 0 bridgehead atoms. The normalized spacial score (nSPS) is 14.3. The zero-order chi connectivity index (χ0) is 25.6. The Labute approximate surface area is 204 Å². The molecule has 0 saturated carbocycles. The Kier molecular flexibility index (Phi) is 8.17. The molecular weight excluding hydrogens is 498 g/mol. The summed E-state index contributed by atoms with van der Waals surface area (Å²) >= 11 is 0.816. The molecule has 0 spiro atoms. The van der Waals surface area contributed by atoms with Crippen LogP contribution in [-0.2, 0) is 14.9 Å². The van der Waals surface area contributed by atoms with Crippen molar-refractivity contribution >= 4 is 44.9 Å². The number of aromatic nitrogens is 2. The maximum Gasteiger partial charge on any atom is 0.290 e. The third-order valence-electron chi connectivity index (χ3n) is 4.13. The van der Waals surface area contributed by atoms with E-state index in [0.717, 1.165) is 17.3 Å². The maximum absolute atomic E-state index is 12.5. The standard InChI is InChI=1S/C21H15N3O5S.CH4O3S/c1-12-18(23-20(29-12)13-5-3-2-4-6-13)16(25)11-28-15-8-7-14(22-10-15)9-17-19(26)24-21(27)30-17;1-5(2,3)4/h2-10H,11H2,1H3,(H,24,26,27);1H3,(H,2,3,4)/b17-9+;. The molecule has 1 saturated heterocycles. The number of hydrogen-bond acceptors (Lipinski definition) is 10. The quantitative estimate of drug-likeness (QED) is 0.280. The molecule has 1 aliphatic heterocycles. The summed E-state index contributed by atoms with van der Waals surface area (Å²) < 4.78 is 37.0. The molecule has 13 heteroatoms. The molecule has 1 aliphatic rings. The molecule has 3 heterocycles. The van der Waals surface area contributed by atoms with Crippen LogP contribution in [0.15, 0.2) is 58.0 Å². The third kappa shape index (κ3) is 7.88. The van der Waals surface area contributed by atoms with Crippen molar-refractivity contribution in [3.8, 4) is 17.2 Å². The predicted octanol–water partition coefficient (Wildman–Crippen LogP) is 3.13. The summed E-state index contributed by atoms with van der Waals surface area (Å²) in [5.74, 6) is 0.416. The van der Waals surface area contributed by atoms with Crippen LogP contribution >= 0.6 is 11.8 Å². The lowest BCUT2D eigenvalue weighted by Gasteiger charge is -2.04. The zero-order valence-corrected chi connectivity index (χ0v) is 20.1. The average molecular weight is 518 g/mol. The lowest BCUT2D eigenvalue weighted by molar-refractivity contribution is -0.115. The second-order valence-corrected chi connectivity index (χ2v) is 9.49. The minimum atomic E-state index is -3.67. The van der Waals surface area contributed by atoms with E-state index in [-0.39, 0.29) is 23.0 Å². The van der Waals surface area contributed by atoms with Crippen molar-refractivity contribution < 1.29 is 36.5 Å². The van der Waals surface area contributed by atoms with Crippen molar-refractivity contribution in [2.45, 2.75) is 6.92 Å². The van der Waals surface area contributed by atoms with Gasteiger partial charge in [-0.2, -0.15) is 8.42 Å². The van der Waals surface area contributed by atoms with Crippen molar-refractivity contribution in [3.05, 3.63) is 70.7 Å². The zero-order valence-electron chi connectivity index (χ0n) is 18.4. The highest BCUT2D eigenvalue weighted by Gasteiger charge is 2.25. The summed E-state index contributed by atoms with van der Waals surface area (Å²) in [7, 11) is -3.67. The van der Waals surface area contributed by atoms with Gasteiger partial charge < -0.3 is 9.15 Å². The molecule has 4 rings (SSSR count). The van der Waals surface area contributed by atoms with Crippen LogP contribution in [0.5, 0.6) is 5.75 Å². The van der Waals surface area contributed by atoms with Gasteiger partial charge in [0.1, 0.15) is 11.5 Å². The largest absolute Gasteiger partial charge is 0.484 e. The number of ether oxygens (including phenoxy) is 1. The van der Waals surface area contributed by atoms with Crippen molar-refractivity contribution in [2.75, 3.05) is 12.9 Å². The fourth-order valence-electron chi connectivity index (χ4n) is 2.69. The van der Waals surface area contributed by atoms with Gasteiger partial charge in [0.2, 0.25) is 11.7 Å². The topological polar surface area (TPSA) is 166 Å². The number of carbonyl (C=O) groups is 3. The number of rotatable bonds is 6. The van der Waals surface area contributed by atoms with E-state index in [9.17, 15) is 22.8 Å². The van der Waals surface area contributed by atoms with E-state index >= 15 is 0 Å². The van der Waals surface area contributed by atoms with E-state index in [1.54, 1.807) is 19.1 Å². The first-order valence-electron chi connectivity index (χ1n) is 9.82. The van der Waals surface area contributed by atoms with Crippen molar-refractivity contribution in [2.24, 2.45) is 0 Å². The van der Waals surface area contributed by atoms with Crippen LogP contribution < -0.4 is 10.1 Å². The molecule has 0 atom stereocenters. The molecule has 1 fully saturated rings. The number of oxazole rings is 1. The molecule has 3 aromatic rings. The van der Waals surface area contributed by atoms with E-state index < -0.39 is 21.3 Å². The van der Waals surface area contributed by atoms with E-state index in [0.29, 0.717) is 29.4 Å². The van der Waals surface area contributed by atoms with Gasteiger partial charge in [-0.25, -0.2) is 4.98 Å². The van der Waals surface area contributed by atoms with Crippen LogP contribution in [0, 0.1) is 6.92 Å². The Balaban J connectivity index is 0.000000623. The van der Waals surface area contributed by atoms with Crippen molar-refractivity contribution in [1.82, 2.24) is 15.3 Å². The van der Waals surface area contributed by atoms with E-state index in [1.807, 2.05) is 30.3 Å². The van der Waals surface area contributed by atoms with Gasteiger partial charge >= 0.3 is 0 Å². The van der Waals surface area contributed by atoms with E-state index in [1.165, 1.54) is 12.3 Å². The number of nitrogens with one attached hydrogen (secondary N) is 1. The summed E-state index contributed by atoms with van der Waals surface area (Å²) in [5.41, 5.74) is 1.49. The first-order chi connectivity index (χ1) is 16.5. The molecule has 2 amide bonds. The second kappa shape index (κ2) is 11.1. The van der Waals surface area contributed by atoms with Crippen LogP contribution in [0.25, 0.3) is 17.5 Å². The number of Topliss-reactive ketones (excluding diaryl/α,β-unsaturated/α-hetero) is 1. The average Bonchev–Trinajstić information content (AvgIpc) is 3.33. The van der Waals surface area contributed by atoms with Gasteiger partial charge in [0.15, 0.2) is 12.3 Å². The Morgan fingerprint density at radius 3 is 2.46 bits per heavy atom. The molecular formula is C22H19N3O8S2. The predicted molar refractivity (Wildman–Crippen MR) is 127 cm³/mol. The van der Waals surface area contributed by atoms with Gasteiger partial charge in [-0.1, -0.05) is 18.2 Å². The Hall–Kier alpha value is -3.81. The number of carbonyl (C=O) groups excluding carboxylic acids is 3. The van der Waals surface area contributed by atoms with Crippen LogP contribution in [0.1, 0.15) is 21.9 Å². The van der Waals surface area contributed by atoms with Gasteiger partial charge in [0, 0.05) is 5.56 Å². The number of imide groups is 1. The SMILES string of the molecule is CS(=O)(=O)O.Cc1oc(-c2ccccc2)nc1C(=O)COc1ccc(/C=C2/SC(=O)NC2=O)nc1. The molecule has 35 heavy (non-hydrogen) atoms. The number of aryl methyl sites for hydroxylation is 1. The fraction of sp³-hybridized carbons (Fsp3) is 0.136. The van der Waals surface area contributed by atoms with Gasteiger partial charge in [0.05, 0.1) is 23.1 Å². The highest BCUT2D eigenvalue weighted by Crippen LogP contribution is 2.25. The molecule has 2 N–H and O–H groups in total. The van der Waals surface area contributed by atoms with Crippen molar-refractivity contribution in [1.29, 1.82) is 0 Å².